The summed E-state index contributed by atoms with van der Waals surface area (Å²) in [6.07, 6.45) is 11.0. The fraction of sp³-hybridized carbons (Fsp3) is 0.519. The molecule has 5 heterocycles. The number of aromatic nitrogens is 7. The van der Waals surface area contributed by atoms with E-state index in [0.717, 1.165) is 58.2 Å². The summed E-state index contributed by atoms with van der Waals surface area (Å²) >= 11 is 0. The first-order valence-electron chi connectivity index (χ1n) is 13.5. The highest BCUT2D eigenvalue weighted by molar-refractivity contribution is 7.90. The quantitative estimate of drug-likeness (QED) is 0.301. The van der Waals surface area contributed by atoms with E-state index in [1.807, 2.05) is 13.0 Å². The van der Waals surface area contributed by atoms with E-state index in [-0.39, 0.29) is 23.7 Å². The normalized spacial score (nSPS) is 19.1. The van der Waals surface area contributed by atoms with E-state index in [2.05, 4.69) is 44.5 Å². The van der Waals surface area contributed by atoms with Crippen LogP contribution in [0.25, 0.3) is 22.4 Å². The Morgan fingerprint density at radius 2 is 1.92 bits per heavy atom. The van der Waals surface area contributed by atoms with Gasteiger partial charge in [-0.3, -0.25) is 4.98 Å². The largest absolute Gasteiger partial charge is 0.353 e. The van der Waals surface area contributed by atoms with Crippen LogP contribution in [0.5, 0.6) is 0 Å². The average molecular weight is 552 g/mol. The predicted molar refractivity (Wildman–Crippen MR) is 144 cm³/mol. The van der Waals surface area contributed by atoms with Crippen molar-refractivity contribution in [3.63, 3.8) is 0 Å². The molecule has 0 bridgehead atoms. The number of nitrogens with zero attached hydrogens (tertiary/aromatic N) is 7. The lowest BCUT2D eigenvalue weighted by atomic mass is 10.2. The highest BCUT2D eigenvalue weighted by Gasteiger charge is 2.37. The van der Waals surface area contributed by atoms with Crippen molar-refractivity contribution >= 4 is 21.1 Å². The van der Waals surface area contributed by atoms with E-state index in [1.54, 1.807) is 12.4 Å². The van der Waals surface area contributed by atoms with E-state index < -0.39 is 10.0 Å². The second-order valence-electron chi connectivity index (χ2n) is 10.6. The zero-order chi connectivity index (χ0) is 27.1. The van der Waals surface area contributed by atoms with Crippen molar-refractivity contribution in [3.8, 4) is 11.4 Å². The number of imidazole rings is 1. The van der Waals surface area contributed by atoms with E-state index in [4.69, 9.17) is 14.5 Å². The molecule has 6 rings (SSSR count). The molecule has 2 aliphatic rings. The van der Waals surface area contributed by atoms with Crippen LogP contribution in [0.15, 0.2) is 36.9 Å². The second-order valence-corrected chi connectivity index (χ2v) is 12.6. The molecule has 1 saturated heterocycles. The predicted octanol–water partition coefficient (Wildman–Crippen LogP) is 4.20. The molecule has 12 heteroatoms. The zero-order valence-corrected chi connectivity index (χ0v) is 23.2. The molecule has 1 aliphatic carbocycles. The van der Waals surface area contributed by atoms with Gasteiger partial charge in [0.15, 0.2) is 12.1 Å². The molecule has 0 amide bonds. The maximum atomic E-state index is 12.5. The maximum absolute atomic E-state index is 12.5. The second kappa shape index (κ2) is 10.4. The molecule has 2 atom stereocenters. The van der Waals surface area contributed by atoms with Crippen molar-refractivity contribution in [2.24, 2.45) is 0 Å². The number of fused-ring (bicyclic) bond motifs is 1. The SMILES string of the molecule is CC(OC1CCCCO1)c1nc2cnc(Cc3ccnc(-c4cnn(S(=O)(=O)C5CC5)c4)n3)cc2n1C(C)C. The molecule has 2 unspecified atom stereocenters. The van der Waals surface area contributed by atoms with E-state index in [0.29, 0.717) is 30.7 Å². The van der Waals surface area contributed by atoms with Gasteiger partial charge in [0, 0.05) is 31.0 Å². The molecule has 11 nitrogen and oxygen atoms in total. The van der Waals surface area contributed by atoms with Crippen LogP contribution in [0, 0.1) is 0 Å². The van der Waals surface area contributed by atoms with Gasteiger partial charge in [-0.1, -0.05) is 0 Å². The molecular weight excluding hydrogens is 518 g/mol. The van der Waals surface area contributed by atoms with Crippen LogP contribution in [-0.2, 0) is 25.9 Å². The van der Waals surface area contributed by atoms with Crippen LogP contribution in [-0.4, -0.2) is 60.3 Å². The molecular formula is C27H33N7O4S. The number of hydrogen-bond donors (Lipinski definition) is 0. The topological polar surface area (TPSA) is 127 Å². The Hall–Kier alpha value is -3.22. The van der Waals surface area contributed by atoms with Gasteiger partial charge in [0.1, 0.15) is 17.4 Å². The van der Waals surface area contributed by atoms with Crippen LogP contribution < -0.4 is 0 Å². The molecule has 206 valence electrons. The van der Waals surface area contributed by atoms with Crippen molar-refractivity contribution in [3.05, 3.63) is 54.1 Å². The Balaban J connectivity index is 1.25. The summed E-state index contributed by atoms with van der Waals surface area (Å²) in [6, 6.07) is 4.07. The number of rotatable bonds is 9. The van der Waals surface area contributed by atoms with Crippen LogP contribution in [0.1, 0.15) is 82.2 Å². The summed E-state index contributed by atoms with van der Waals surface area (Å²) in [4.78, 5) is 18.6. The molecule has 0 spiro atoms. The Morgan fingerprint density at radius 3 is 2.67 bits per heavy atom. The van der Waals surface area contributed by atoms with Gasteiger partial charge >= 0.3 is 0 Å². The molecule has 0 radical (unpaired) electrons. The summed E-state index contributed by atoms with van der Waals surface area (Å²) < 4.78 is 40.3. The molecule has 4 aromatic rings. The van der Waals surface area contributed by atoms with Crippen LogP contribution in [0.2, 0.25) is 0 Å². The van der Waals surface area contributed by atoms with E-state index >= 15 is 0 Å². The lowest BCUT2D eigenvalue weighted by molar-refractivity contribution is -0.188. The van der Waals surface area contributed by atoms with Crippen molar-refractivity contribution in [1.29, 1.82) is 0 Å². The van der Waals surface area contributed by atoms with Crippen LogP contribution in [0.4, 0.5) is 0 Å². The summed E-state index contributed by atoms with van der Waals surface area (Å²) in [6.45, 7) is 7.02. The van der Waals surface area contributed by atoms with Crippen molar-refractivity contribution in [1.82, 2.24) is 33.7 Å². The first kappa shape index (κ1) is 26.0. The van der Waals surface area contributed by atoms with Gasteiger partial charge in [-0.15, -0.1) is 0 Å². The van der Waals surface area contributed by atoms with Crippen molar-refractivity contribution in [2.75, 3.05) is 6.61 Å². The number of hydrogen-bond acceptors (Lipinski definition) is 9. The van der Waals surface area contributed by atoms with Crippen molar-refractivity contribution in [2.45, 2.75) is 83.0 Å². The van der Waals surface area contributed by atoms with Gasteiger partial charge in [-0.05, 0) is 65.0 Å². The standard InChI is InChI=1S/C27H33N7O4S/c1-17(2)34-24-13-21(29-15-23(24)32-27(34)18(3)38-25-6-4-5-11-37-25)12-20-9-10-28-26(31-20)19-14-30-33(16-19)39(35,36)22-7-8-22/h9-10,13-18,22,25H,4-8,11-12H2,1-3H3. The zero-order valence-electron chi connectivity index (χ0n) is 22.4. The minimum atomic E-state index is -3.44. The van der Waals surface area contributed by atoms with Gasteiger partial charge in [-0.2, -0.15) is 9.19 Å². The number of pyridine rings is 1. The molecule has 4 aromatic heterocycles. The summed E-state index contributed by atoms with van der Waals surface area (Å²) in [7, 11) is -3.44. The van der Waals surface area contributed by atoms with Gasteiger partial charge in [-0.25, -0.2) is 23.4 Å². The maximum Gasteiger partial charge on any atom is 0.256 e. The molecule has 2 fully saturated rings. The average Bonchev–Trinajstić information content (AvgIpc) is 3.54. The third-order valence-corrected chi connectivity index (χ3v) is 9.17. The molecule has 39 heavy (non-hydrogen) atoms. The van der Waals surface area contributed by atoms with E-state index in [1.165, 1.54) is 12.4 Å². The highest BCUT2D eigenvalue weighted by Crippen LogP contribution is 2.31. The summed E-state index contributed by atoms with van der Waals surface area (Å²) in [5.41, 5.74) is 3.98. The smallest absolute Gasteiger partial charge is 0.256 e. The van der Waals surface area contributed by atoms with E-state index in [9.17, 15) is 8.42 Å². The Kier molecular flexibility index (Phi) is 6.94. The highest BCUT2D eigenvalue weighted by atomic mass is 32.2. The third kappa shape index (κ3) is 5.32. The number of ether oxygens (including phenoxy) is 2. The Labute approximate surface area is 227 Å². The van der Waals surface area contributed by atoms with Gasteiger partial charge in [0.05, 0.1) is 40.6 Å². The molecule has 1 aliphatic heterocycles. The monoisotopic (exact) mass is 551 g/mol. The van der Waals surface area contributed by atoms with Gasteiger partial charge in [0.25, 0.3) is 10.0 Å². The minimum absolute atomic E-state index is 0.174. The molecule has 0 N–H and O–H groups in total. The Bertz CT molecular complexity index is 1590. The van der Waals surface area contributed by atoms with Gasteiger partial charge in [0.2, 0.25) is 0 Å². The van der Waals surface area contributed by atoms with Crippen LogP contribution >= 0.6 is 0 Å². The lowest BCUT2D eigenvalue weighted by Gasteiger charge is -2.26. The fourth-order valence-electron chi connectivity index (χ4n) is 4.99. The lowest BCUT2D eigenvalue weighted by Crippen LogP contribution is -2.25. The Morgan fingerprint density at radius 1 is 1.08 bits per heavy atom. The van der Waals surface area contributed by atoms with Crippen LogP contribution in [0.3, 0.4) is 0 Å². The first-order valence-corrected chi connectivity index (χ1v) is 15.0. The van der Waals surface area contributed by atoms with Gasteiger partial charge < -0.3 is 14.0 Å². The minimum Gasteiger partial charge on any atom is -0.353 e. The third-order valence-electron chi connectivity index (χ3n) is 7.13. The first-order chi connectivity index (χ1) is 18.8. The molecule has 1 saturated carbocycles. The molecule has 0 aromatic carbocycles. The summed E-state index contributed by atoms with van der Waals surface area (Å²) in [5, 5.41) is 3.72. The summed E-state index contributed by atoms with van der Waals surface area (Å²) in [5.74, 6) is 1.28. The fourth-order valence-corrected chi connectivity index (χ4v) is 6.47. The van der Waals surface area contributed by atoms with Crippen molar-refractivity contribution < 1.29 is 17.9 Å².